The second-order valence-electron chi connectivity index (χ2n) is 12.1. The Balaban J connectivity index is 1.26. The molecule has 1 atom stereocenters. The average molecular weight is 509 g/mol. The number of fused-ring (bicyclic) bond motifs is 3. The fourth-order valence-electron chi connectivity index (χ4n) is 6.38. The Kier molecular flexibility index (Phi) is 5.73. The van der Waals surface area contributed by atoms with Gasteiger partial charge in [-0.15, -0.1) is 0 Å². The first-order valence-corrected chi connectivity index (χ1v) is 14.1. The predicted octanol–water partition coefficient (Wildman–Crippen LogP) is 5.53. The third-order valence-corrected chi connectivity index (χ3v) is 8.51. The average Bonchev–Trinajstić information content (AvgIpc) is 3.51. The maximum Gasteiger partial charge on any atom is 0.147 e. The monoisotopic (exact) mass is 508 g/mol. The summed E-state index contributed by atoms with van der Waals surface area (Å²) in [5, 5.41) is 3.62. The van der Waals surface area contributed by atoms with Crippen LogP contribution in [0.5, 0.6) is 5.75 Å². The Hall–Kier alpha value is -3.32. The van der Waals surface area contributed by atoms with Crippen LogP contribution in [0.15, 0.2) is 35.5 Å². The van der Waals surface area contributed by atoms with Crippen molar-refractivity contribution in [1.29, 1.82) is 0 Å². The molecule has 3 aliphatic heterocycles. The topological polar surface area (TPSA) is 75.5 Å². The van der Waals surface area contributed by atoms with E-state index >= 15 is 0 Å². The van der Waals surface area contributed by atoms with Crippen molar-refractivity contribution in [2.24, 2.45) is 10.4 Å². The first kappa shape index (κ1) is 23.8. The van der Waals surface area contributed by atoms with E-state index in [9.17, 15) is 0 Å². The van der Waals surface area contributed by atoms with Crippen molar-refractivity contribution in [3.05, 3.63) is 58.8 Å². The first-order valence-electron chi connectivity index (χ1n) is 14.1. The lowest BCUT2D eigenvalue weighted by Crippen LogP contribution is -2.32. The minimum absolute atomic E-state index is 0.257. The number of aryl methyl sites for hydroxylation is 1. The number of nitrogens with zero attached hydrogens (tertiary/aromatic N) is 5. The van der Waals surface area contributed by atoms with Crippen LogP contribution in [-0.4, -0.2) is 40.4 Å². The van der Waals surface area contributed by atoms with Crippen molar-refractivity contribution >= 4 is 17.2 Å². The summed E-state index contributed by atoms with van der Waals surface area (Å²) in [5.74, 6) is 3.03. The summed E-state index contributed by atoms with van der Waals surface area (Å²) < 4.78 is 6.26. The molecule has 38 heavy (non-hydrogen) atoms. The molecule has 7 nitrogen and oxygen atoms in total. The van der Waals surface area contributed by atoms with Crippen LogP contribution in [0.25, 0.3) is 11.1 Å². The smallest absolute Gasteiger partial charge is 0.147 e. The molecule has 0 radical (unpaired) electrons. The molecule has 0 saturated carbocycles. The summed E-state index contributed by atoms with van der Waals surface area (Å²) in [6.07, 6.45) is 8.33. The first-order chi connectivity index (χ1) is 18.4. The van der Waals surface area contributed by atoms with Gasteiger partial charge in [-0.3, -0.25) is 9.98 Å². The Bertz CT molecular complexity index is 1440. The zero-order chi connectivity index (χ0) is 25.9. The Labute approximate surface area is 224 Å². The van der Waals surface area contributed by atoms with Crippen LogP contribution < -0.4 is 15.0 Å². The number of pyridine rings is 1. The van der Waals surface area contributed by atoms with E-state index in [4.69, 9.17) is 19.7 Å². The fourth-order valence-corrected chi connectivity index (χ4v) is 6.38. The van der Waals surface area contributed by atoms with Gasteiger partial charge in [-0.25, -0.2) is 9.97 Å². The third kappa shape index (κ3) is 4.37. The molecule has 1 N–H and O–H groups in total. The van der Waals surface area contributed by atoms with E-state index in [1.54, 1.807) is 0 Å². The molecule has 0 spiro atoms. The lowest BCUT2D eigenvalue weighted by molar-refractivity contribution is 0.310. The van der Waals surface area contributed by atoms with Gasteiger partial charge in [0.05, 0.1) is 24.0 Å². The van der Waals surface area contributed by atoms with Gasteiger partial charge < -0.3 is 15.0 Å². The van der Waals surface area contributed by atoms with Gasteiger partial charge in [0.25, 0.3) is 0 Å². The lowest BCUT2D eigenvalue weighted by Gasteiger charge is -2.34. The van der Waals surface area contributed by atoms with Crippen LogP contribution in [-0.2, 0) is 25.8 Å². The standard InChI is InChI=1S/C31H36N6O/c1-19-13-26-27(34-19)15-21(17-33-26)20-6-7-28-22(14-20)18-37(11-12-38-28)30-23-16-31(2,3)9-8-24(23)35-29(36-30)25-5-4-10-32-25/h6-7,14-15,17,25,32H,4-5,8-13,16,18H2,1-3H3. The summed E-state index contributed by atoms with van der Waals surface area (Å²) in [5.41, 5.74) is 9.45. The number of aliphatic imine (C=N–C) groups is 1. The Morgan fingerprint density at radius 1 is 1.11 bits per heavy atom. The van der Waals surface area contributed by atoms with Gasteiger partial charge in [0.15, 0.2) is 0 Å². The molecule has 7 heteroatoms. The lowest BCUT2D eigenvalue weighted by atomic mass is 9.76. The van der Waals surface area contributed by atoms with Gasteiger partial charge >= 0.3 is 0 Å². The SMILES string of the molecule is CC1=Nc2cc(-c3ccc4c(c3)CN(c3nc(C5CCCN5)nc5c3CC(C)(C)CC5)CCO4)cnc2C1. The predicted molar refractivity (Wildman–Crippen MR) is 151 cm³/mol. The largest absolute Gasteiger partial charge is 0.491 e. The molecule has 1 saturated heterocycles. The highest BCUT2D eigenvalue weighted by molar-refractivity contribution is 5.92. The number of aromatic nitrogens is 3. The molecule has 4 aliphatic rings. The molecule has 1 aromatic carbocycles. The van der Waals surface area contributed by atoms with Gasteiger partial charge in [0.2, 0.25) is 0 Å². The summed E-state index contributed by atoms with van der Waals surface area (Å²) in [6.45, 7) is 10.1. The van der Waals surface area contributed by atoms with Crippen molar-refractivity contribution in [3.8, 4) is 16.9 Å². The molecule has 5 heterocycles. The van der Waals surface area contributed by atoms with Crippen LogP contribution in [0.2, 0.25) is 0 Å². The zero-order valence-corrected chi connectivity index (χ0v) is 22.7. The van der Waals surface area contributed by atoms with Crippen molar-refractivity contribution in [2.75, 3.05) is 24.6 Å². The molecule has 3 aromatic rings. The van der Waals surface area contributed by atoms with Crippen molar-refractivity contribution < 1.29 is 4.74 Å². The zero-order valence-electron chi connectivity index (χ0n) is 22.7. The number of hydrogen-bond donors (Lipinski definition) is 1. The molecular weight excluding hydrogens is 472 g/mol. The molecule has 1 fully saturated rings. The van der Waals surface area contributed by atoms with E-state index in [1.165, 1.54) is 29.7 Å². The quantitative estimate of drug-likeness (QED) is 0.502. The Morgan fingerprint density at radius 3 is 2.89 bits per heavy atom. The second kappa shape index (κ2) is 9.16. The van der Waals surface area contributed by atoms with E-state index in [-0.39, 0.29) is 11.5 Å². The van der Waals surface area contributed by atoms with Crippen LogP contribution >= 0.6 is 0 Å². The summed E-state index contributed by atoms with van der Waals surface area (Å²) in [6, 6.07) is 8.94. The van der Waals surface area contributed by atoms with Gasteiger partial charge in [0.1, 0.15) is 24.0 Å². The van der Waals surface area contributed by atoms with Crippen LogP contribution in [0.3, 0.4) is 0 Å². The number of anilines is 1. The molecule has 0 amide bonds. The van der Waals surface area contributed by atoms with Crippen LogP contribution in [0, 0.1) is 5.41 Å². The number of nitrogens with one attached hydrogen (secondary N) is 1. The molecule has 1 unspecified atom stereocenters. The number of hydrogen-bond acceptors (Lipinski definition) is 7. The number of benzene rings is 1. The minimum atomic E-state index is 0.257. The number of ether oxygens (including phenoxy) is 1. The normalized spacial score (nSPS) is 21.7. The molecule has 2 aromatic heterocycles. The molecule has 196 valence electrons. The van der Waals surface area contributed by atoms with Gasteiger partial charge in [-0.2, -0.15) is 0 Å². The maximum absolute atomic E-state index is 6.26. The summed E-state index contributed by atoms with van der Waals surface area (Å²) in [7, 11) is 0. The Morgan fingerprint density at radius 2 is 2.03 bits per heavy atom. The fraction of sp³-hybridized carbons (Fsp3) is 0.484. The second-order valence-corrected chi connectivity index (χ2v) is 12.1. The van der Waals surface area contributed by atoms with E-state index in [0.717, 1.165) is 90.9 Å². The number of rotatable bonds is 3. The maximum atomic E-state index is 6.26. The highest BCUT2D eigenvalue weighted by atomic mass is 16.5. The highest BCUT2D eigenvalue weighted by Gasteiger charge is 2.33. The van der Waals surface area contributed by atoms with E-state index in [0.29, 0.717) is 6.61 Å². The molecule has 1 aliphatic carbocycles. The van der Waals surface area contributed by atoms with E-state index < -0.39 is 0 Å². The molecule has 0 bridgehead atoms. The highest BCUT2D eigenvalue weighted by Crippen LogP contribution is 2.40. The van der Waals surface area contributed by atoms with Crippen molar-refractivity contribution in [3.63, 3.8) is 0 Å². The van der Waals surface area contributed by atoms with Crippen molar-refractivity contribution in [1.82, 2.24) is 20.3 Å². The minimum Gasteiger partial charge on any atom is -0.491 e. The van der Waals surface area contributed by atoms with Gasteiger partial charge in [-0.05, 0) is 74.8 Å². The van der Waals surface area contributed by atoms with Crippen LogP contribution in [0.1, 0.15) is 74.4 Å². The third-order valence-electron chi connectivity index (χ3n) is 8.51. The van der Waals surface area contributed by atoms with E-state index in [2.05, 4.69) is 60.2 Å². The van der Waals surface area contributed by atoms with Gasteiger partial charge in [-0.1, -0.05) is 19.9 Å². The van der Waals surface area contributed by atoms with E-state index in [1.807, 2.05) is 6.20 Å². The van der Waals surface area contributed by atoms with Crippen molar-refractivity contribution in [2.45, 2.75) is 71.9 Å². The summed E-state index contributed by atoms with van der Waals surface area (Å²) >= 11 is 0. The summed E-state index contributed by atoms with van der Waals surface area (Å²) in [4.78, 5) is 22.2. The molecule has 7 rings (SSSR count). The van der Waals surface area contributed by atoms with Crippen LogP contribution in [0.4, 0.5) is 11.5 Å². The molecular formula is C31H36N6O. The van der Waals surface area contributed by atoms with Gasteiger partial charge in [0, 0.05) is 47.3 Å².